The molecule has 0 aliphatic rings. The fraction of sp³-hybridized carbons (Fsp3) is 0.214. The van der Waals surface area contributed by atoms with Crippen LogP contribution in [-0.4, -0.2) is 16.7 Å². The predicted molar refractivity (Wildman–Crippen MR) is 70.0 cm³/mol. The number of aryl methyl sites for hydroxylation is 1. The molecule has 2 aromatic heterocycles. The first-order valence-corrected chi connectivity index (χ1v) is 5.76. The summed E-state index contributed by atoms with van der Waals surface area (Å²) in [6, 6.07) is 10.5. The summed E-state index contributed by atoms with van der Waals surface area (Å²) in [6.45, 7) is 2.14. The Bertz CT molecular complexity index is 699. The Balaban J connectivity index is 2.43. The van der Waals surface area contributed by atoms with Crippen LogP contribution in [0.3, 0.4) is 0 Å². The number of nitrogens with zero attached hydrogens (tertiary/aromatic N) is 3. The van der Waals surface area contributed by atoms with Crippen molar-refractivity contribution in [2.45, 2.75) is 13.5 Å². The average molecular weight is 255 g/mol. The van der Waals surface area contributed by atoms with E-state index >= 15 is 0 Å². The van der Waals surface area contributed by atoms with Crippen molar-refractivity contribution in [3.8, 4) is 11.9 Å². The lowest BCUT2D eigenvalue weighted by molar-refractivity contribution is 0.395. The van der Waals surface area contributed by atoms with E-state index in [4.69, 9.17) is 10.00 Å². The van der Waals surface area contributed by atoms with Gasteiger partial charge in [0.2, 0.25) is 5.88 Å². The number of aromatic nitrogens is 2. The molecule has 0 bridgehead atoms. The number of hydrogen-bond acceptors (Lipinski definition) is 4. The lowest BCUT2D eigenvalue weighted by Crippen LogP contribution is -2.25. The van der Waals surface area contributed by atoms with Gasteiger partial charge in [0.25, 0.3) is 5.56 Å². The minimum atomic E-state index is -0.299. The van der Waals surface area contributed by atoms with Crippen molar-refractivity contribution in [1.82, 2.24) is 9.55 Å². The Kier molecular flexibility index (Phi) is 3.62. The van der Waals surface area contributed by atoms with Crippen LogP contribution in [0.15, 0.2) is 35.1 Å². The first kappa shape index (κ1) is 12.8. The smallest absolute Gasteiger partial charge is 0.269 e. The van der Waals surface area contributed by atoms with Gasteiger partial charge in [-0.05, 0) is 25.1 Å². The molecule has 19 heavy (non-hydrogen) atoms. The fourth-order valence-electron chi connectivity index (χ4n) is 1.77. The van der Waals surface area contributed by atoms with Gasteiger partial charge in [-0.25, -0.2) is 4.98 Å². The highest BCUT2D eigenvalue weighted by molar-refractivity contribution is 5.28. The van der Waals surface area contributed by atoms with E-state index in [-0.39, 0.29) is 11.1 Å². The maximum atomic E-state index is 12.1. The molecule has 0 aromatic carbocycles. The van der Waals surface area contributed by atoms with Gasteiger partial charge in [0.1, 0.15) is 11.6 Å². The number of hydrogen-bond donors (Lipinski definition) is 0. The normalized spacial score (nSPS) is 9.95. The predicted octanol–water partition coefficient (Wildman–Crippen LogP) is 1.48. The van der Waals surface area contributed by atoms with E-state index in [1.54, 1.807) is 19.2 Å². The summed E-state index contributed by atoms with van der Waals surface area (Å²) in [5, 5.41) is 8.88. The van der Waals surface area contributed by atoms with Crippen LogP contribution in [0.1, 0.15) is 17.0 Å². The molecule has 0 atom stereocenters. The molecule has 2 rings (SSSR count). The van der Waals surface area contributed by atoms with E-state index < -0.39 is 0 Å². The average Bonchev–Trinajstić information content (AvgIpc) is 2.44. The number of rotatable bonds is 3. The summed E-state index contributed by atoms with van der Waals surface area (Å²) in [4.78, 5) is 16.3. The Morgan fingerprint density at radius 3 is 2.84 bits per heavy atom. The molecule has 0 N–H and O–H groups in total. The van der Waals surface area contributed by atoms with Crippen LogP contribution < -0.4 is 10.3 Å². The van der Waals surface area contributed by atoms with Gasteiger partial charge in [-0.2, -0.15) is 5.26 Å². The molecule has 5 nitrogen and oxygen atoms in total. The molecule has 0 unspecified atom stereocenters. The summed E-state index contributed by atoms with van der Waals surface area (Å²) in [5.74, 6) is 0.500. The highest BCUT2D eigenvalue weighted by Crippen LogP contribution is 2.08. The Morgan fingerprint density at radius 1 is 1.37 bits per heavy atom. The molecule has 0 aliphatic carbocycles. The standard InChI is InChI=1S/C14H13N3O2/c1-10-6-7-11(8-15)14(18)17(10)9-12-4-3-5-13(16-12)19-2/h3-7H,9H2,1-2H3. The van der Waals surface area contributed by atoms with Gasteiger partial charge >= 0.3 is 0 Å². The van der Waals surface area contributed by atoms with Gasteiger partial charge in [-0.1, -0.05) is 6.07 Å². The number of pyridine rings is 2. The van der Waals surface area contributed by atoms with Crippen molar-refractivity contribution in [2.24, 2.45) is 0 Å². The number of nitriles is 1. The lowest BCUT2D eigenvalue weighted by Gasteiger charge is -2.10. The first-order chi connectivity index (χ1) is 9.15. The van der Waals surface area contributed by atoms with Crippen LogP contribution in [0.25, 0.3) is 0 Å². The molecule has 0 saturated heterocycles. The maximum Gasteiger partial charge on any atom is 0.269 e. The van der Waals surface area contributed by atoms with E-state index in [0.717, 1.165) is 5.69 Å². The Hall–Kier alpha value is -2.61. The zero-order valence-corrected chi connectivity index (χ0v) is 10.8. The second kappa shape index (κ2) is 5.36. The van der Waals surface area contributed by atoms with Gasteiger partial charge in [0.05, 0.1) is 19.3 Å². The second-order valence-electron chi connectivity index (χ2n) is 4.06. The summed E-state index contributed by atoms with van der Waals surface area (Å²) in [5.41, 5.74) is 1.33. The third kappa shape index (κ3) is 2.63. The maximum absolute atomic E-state index is 12.1. The zero-order chi connectivity index (χ0) is 13.8. The molecular weight excluding hydrogens is 242 g/mol. The first-order valence-electron chi connectivity index (χ1n) is 5.76. The van der Waals surface area contributed by atoms with Crippen LogP contribution in [0.4, 0.5) is 0 Å². The highest BCUT2D eigenvalue weighted by atomic mass is 16.5. The molecule has 0 saturated carbocycles. The van der Waals surface area contributed by atoms with E-state index in [1.165, 1.54) is 10.6 Å². The highest BCUT2D eigenvalue weighted by Gasteiger charge is 2.07. The van der Waals surface area contributed by atoms with Gasteiger partial charge in [-0.15, -0.1) is 0 Å². The third-order valence-corrected chi connectivity index (χ3v) is 2.82. The number of methoxy groups -OCH3 is 1. The minimum absolute atomic E-state index is 0.133. The lowest BCUT2D eigenvalue weighted by atomic mass is 10.2. The van der Waals surface area contributed by atoms with Gasteiger partial charge in [0.15, 0.2) is 0 Å². The largest absolute Gasteiger partial charge is 0.481 e. The van der Waals surface area contributed by atoms with E-state index in [0.29, 0.717) is 18.1 Å². The molecule has 0 amide bonds. The molecule has 0 radical (unpaired) electrons. The van der Waals surface area contributed by atoms with Crippen molar-refractivity contribution >= 4 is 0 Å². The van der Waals surface area contributed by atoms with Gasteiger partial charge in [0, 0.05) is 11.8 Å². The van der Waals surface area contributed by atoms with E-state index in [2.05, 4.69) is 4.98 Å². The fourth-order valence-corrected chi connectivity index (χ4v) is 1.77. The van der Waals surface area contributed by atoms with Gasteiger partial charge < -0.3 is 9.30 Å². The molecule has 0 aliphatic heterocycles. The molecule has 0 fully saturated rings. The molecule has 2 aromatic rings. The van der Waals surface area contributed by atoms with Crippen LogP contribution in [-0.2, 0) is 6.54 Å². The Morgan fingerprint density at radius 2 is 2.16 bits per heavy atom. The molecule has 2 heterocycles. The molecule has 0 spiro atoms. The summed E-state index contributed by atoms with van der Waals surface area (Å²) in [6.07, 6.45) is 0. The second-order valence-corrected chi connectivity index (χ2v) is 4.06. The third-order valence-electron chi connectivity index (χ3n) is 2.82. The Labute approximate surface area is 110 Å². The quantitative estimate of drug-likeness (QED) is 0.833. The number of ether oxygens (including phenoxy) is 1. The van der Waals surface area contributed by atoms with Gasteiger partial charge in [-0.3, -0.25) is 4.79 Å². The van der Waals surface area contributed by atoms with Crippen molar-refractivity contribution in [1.29, 1.82) is 5.26 Å². The van der Waals surface area contributed by atoms with E-state index in [1.807, 2.05) is 25.1 Å². The minimum Gasteiger partial charge on any atom is -0.481 e. The van der Waals surface area contributed by atoms with Crippen LogP contribution in [0, 0.1) is 18.3 Å². The van der Waals surface area contributed by atoms with Crippen molar-refractivity contribution < 1.29 is 4.74 Å². The monoisotopic (exact) mass is 255 g/mol. The summed E-state index contributed by atoms with van der Waals surface area (Å²) < 4.78 is 6.58. The zero-order valence-electron chi connectivity index (χ0n) is 10.8. The van der Waals surface area contributed by atoms with Crippen LogP contribution in [0.2, 0.25) is 0 Å². The summed E-state index contributed by atoms with van der Waals surface area (Å²) >= 11 is 0. The molecule has 5 heteroatoms. The SMILES string of the molecule is COc1cccc(Cn2c(C)ccc(C#N)c2=O)n1. The van der Waals surface area contributed by atoms with Crippen molar-refractivity contribution in [2.75, 3.05) is 7.11 Å². The van der Waals surface area contributed by atoms with Crippen LogP contribution in [0.5, 0.6) is 5.88 Å². The van der Waals surface area contributed by atoms with Crippen molar-refractivity contribution in [3.05, 3.63) is 57.6 Å². The summed E-state index contributed by atoms with van der Waals surface area (Å²) in [7, 11) is 1.54. The van der Waals surface area contributed by atoms with E-state index in [9.17, 15) is 4.79 Å². The molecule has 96 valence electrons. The van der Waals surface area contributed by atoms with Crippen LogP contribution >= 0.6 is 0 Å². The van der Waals surface area contributed by atoms with Crippen molar-refractivity contribution in [3.63, 3.8) is 0 Å². The topological polar surface area (TPSA) is 67.9 Å². The molecular formula is C14H13N3O2.